The maximum Gasteiger partial charge on any atom is 0.284 e. The Kier molecular flexibility index (Phi) is 1.11. The Labute approximate surface area is 42.9 Å². The monoisotopic (exact) mass is 96.1 g/mol. The second kappa shape index (κ2) is 1.78. The molecular weight excluding hydrogens is 88.1 g/mol. The molecule has 1 rings (SSSR count). The zero-order valence-corrected chi connectivity index (χ0v) is 4.31. The van der Waals surface area contributed by atoms with Gasteiger partial charge < -0.3 is 0 Å². The van der Waals surface area contributed by atoms with Crippen LogP contribution in [0.3, 0.4) is 0 Å². The largest absolute Gasteiger partial charge is 0.284 e. The van der Waals surface area contributed by atoms with Crippen LogP contribution in [0.25, 0.3) is 0 Å². The number of aliphatic imine (C=N–C) groups is 1. The quantitative estimate of drug-likeness (QED) is 0.496. The fraction of sp³-hybridized carbons (Fsp3) is 0.400. The molecule has 2 heteroatoms. The van der Waals surface area contributed by atoms with Gasteiger partial charge in [-0.1, -0.05) is 11.9 Å². The first-order valence-corrected chi connectivity index (χ1v) is 2.41. The summed E-state index contributed by atoms with van der Waals surface area (Å²) in [5.41, 5.74) is 1.12. The molecule has 0 aromatic rings. The van der Waals surface area contributed by atoms with Gasteiger partial charge in [0, 0.05) is 6.42 Å². The van der Waals surface area contributed by atoms with Crippen molar-refractivity contribution in [1.29, 1.82) is 0 Å². The van der Waals surface area contributed by atoms with Gasteiger partial charge in [-0.05, 0) is 0 Å². The Morgan fingerprint density at radius 1 is 1.86 bits per heavy atom. The van der Waals surface area contributed by atoms with Gasteiger partial charge in [0.25, 0.3) is 6.34 Å². The highest BCUT2D eigenvalue weighted by atomic mass is 15.0. The fourth-order valence-corrected chi connectivity index (χ4v) is 0.484. The topological polar surface area (TPSA) is 26.1 Å². The number of allylic oxidation sites excluding steroid dienone is 1. The van der Waals surface area contributed by atoms with E-state index >= 15 is 0 Å². The minimum Gasteiger partial charge on any atom is -0.247 e. The molecule has 0 aromatic heterocycles. The van der Waals surface area contributed by atoms with E-state index in [1.165, 1.54) is 0 Å². The lowest BCUT2D eigenvalue weighted by Gasteiger charge is -1.72. The van der Waals surface area contributed by atoms with Crippen LogP contribution in [0, 0.1) is 0 Å². The van der Waals surface area contributed by atoms with E-state index in [0.29, 0.717) is 0 Å². The van der Waals surface area contributed by atoms with Crippen LogP contribution in [0.15, 0.2) is 11.9 Å². The van der Waals surface area contributed by atoms with Crippen LogP contribution >= 0.6 is 0 Å². The predicted molar refractivity (Wildman–Crippen MR) is 29.7 cm³/mol. The molecule has 0 spiro atoms. The van der Waals surface area contributed by atoms with Gasteiger partial charge in [-0.15, -0.1) is 0 Å². The van der Waals surface area contributed by atoms with Gasteiger partial charge in [-0.3, -0.25) is 0 Å². The van der Waals surface area contributed by atoms with Gasteiger partial charge in [0.1, 0.15) is 6.20 Å². The summed E-state index contributed by atoms with van der Waals surface area (Å²) in [4.78, 5) is 3.98. The number of nitrogens with zero attached hydrogens (tertiary/aromatic N) is 1. The first kappa shape index (κ1) is 4.37. The summed E-state index contributed by atoms with van der Waals surface area (Å²) in [6.45, 7) is 2.08. The van der Waals surface area contributed by atoms with Crippen LogP contribution in [0.2, 0.25) is 0 Å². The maximum absolute atomic E-state index is 3.98. The Hall–Kier alpha value is -0.790. The van der Waals surface area contributed by atoms with Crippen LogP contribution in [-0.2, 0) is 0 Å². The molecule has 0 saturated carbocycles. The van der Waals surface area contributed by atoms with Crippen molar-refractivity contribution < 1.29 is 0 Å². The third kappa shape index (κ3) is 0.796. The van der Waals surface area contributed by atoms with Crippen molar-refractivity contribution in [3.63, 3.8) is 0 Å². The molecule has 0 atom stereocenters. The minimum atomic E-state index is 1.02. The number of hydrogen-bond donors (Lipinski definition) is 1. The second-order valence-corrected chi connectivity index (χ2v) is 1.41. The lowest BCUT2D eigenvalue weighted by molar-refractivity contribution is 1.03. The first-order valence-electron chi connectivity index (χ1n) is 2.41. The van der Waals surface area contributed by atoms with Crippen molar-refractivity contribution in [3.05, 3.63) is 11.9 Å². The molecule has 0 unspecified atom stereocenters. The molecular formula is C5H8N2+. The Morgan fingerprint density at radius 2 is 2.71 bits per heavy atom. The Balaban J connectivity index is 2.52. The summed E-state index contributed by atoms with van der Waals surface area (Å²) in [5.74, 6) is 0. The molecule has 7 heavy (non-hydrogen) atoms. The molecule has 1 radical (unpaired) electrons. The van der Waals surface area contributed by atoms with E-state index in [0.717, 1.165) is 12.1 Å². The van der Waals surface area contributed by atoms with Gasteiger partial charge in [-0.2, -0.15) is 0 Å². The molecule has 37 valence electrons. The smallest absolute Gasteiger partial charge is 0.247 e. The minimum absolute atomic E-state index is 1.02. The number of hydrogen-bond acceptors (Lipinski definition) is 2. The van der Waals surface area contributed by atoms with Crippen molar-refractivity contribution in [2.75, 3.05) is 0 Å². The SMILES string of the molecule is CCC1=CNC=[N+]1. The van der Waals surface area contributed by atoms with Crippen molar-refractivity contribution >= 4 is 6.34 Å². The molecule has 0 fully saturated rings. The Morgan fingerprint density at radius 3 is 3.00 bits per heavy atom. The molecule has 2 nitrogen and oxygen atoms in total. The first-order chi connectivity index (χ1) is 3.43. The predicted octanol–water partition coefficient (Wildman–Crippen LogP) is 0.205. The summed E-state index contributed by atoms with van der Waals surface area (Å²) in [6.07, 6.45) is 4.61. The lowest BCUT2D eigenvalue weighted by atomic mass is 10.4. The number of nitrogens with one attached hydrogen (secondary N) is 1. The maximum atomic E-state index is 3.98. The molecule has 0 aromatic carbocycles. The van der Waals surface area contributed by atoms with Crippen LogP contribution < -0.4 is 10.3 Å². The second-order valence-electron chi connectivity index (χ2n) is 1.41. The average Bonchev–Trinajstić information content (AvgIpc) is 2.14. The summed E-state index contributed by atoms with van der Waals surface area (Å²) in [5, 5.41) is 2.87. The molecule has 0 aliphatic carbocycles. The summed E-state index contributed by atoms with van der Waals surface area (Å²) in [6, 6.07) is 0. The lowest BCUT2D eigenvalue weighted by Crippen LogP contribution is -1.94. The highest BCUT2D eigenvalue weighted by Crippen LogP contribution is 1.92. The molecule has 1 aliphatic heterocycles. The molecule has 1 heterocycles. The number of rotatable bonds is 1. The van der Waals surface area contributed by atoms with E-state index in [1.54, 1.807) is 6.34 Å². The summed E-state index contributed by atoms with van der Waals surface area (Å²) in [7, 11) is 0. The normalized spacial score (nSPS) is 16.4. The van der Waals surface area contributed by atoms with Gasteiger partial charge in [0.15, 0.2) is 5.70 Å². The van der Waals surface area contributed by atoms with Gasteiger partial charge >= 0.3 is 0 Å². The van der Waals surface area contributed by atoms with Crippen LogP contribution in [0.1, 0.15) is 13.3 Å². The standard InChI is InChI=1S/C5H8N2/c1-2-5-3-6-4-7-5/h3-4,6H,2H2,1H3/q+1. The van der Waals surface area contributed by atoms with Crippen molar-refractivity contribution in [2.24, 2.45) is 0 Å². The fourth-order valence-electron chi connectivity index (χ4n) is 0.484. The molecule has 1 aliphatic rings. The van der Waals surface area contributed by atoms with E-state index in [2.05, 4.69) is 17.2 Å². The van der Waals surface area contributed by atoms with Crippen LogP contribution in [0.5, 0.6) is 0 Å². The molecule has 1 N–H and O–H groups in total. The van der Waals surface area contributed by atoms with Crippen molar-refractivity contribution in [1.82, 2.24) is 10.3 Å². The third-order valence-electron chi connectivity index (χ3n) is 0.917. The van der Waals surface area contributed by atoms with Gasteiger partial charge in [-0.25, -0.2) is 5.32 Å². The highest BCUT2D eigenvalue weighted by Gasteiger charge is 2.02. The molecule has 0 bridgehead atoms. The van der Waals surface area contributed by atoms with E-state index in [1.807, 2.05) is 6.20 Å². The molecule has 0 saturated heterocycles. The Bertz CT molecular complexity index is 113. The van der Waals surface area contributed by atoms with E-state index < -0.39 is 0 Å². The van der Waals surface area contributed by atoms with E-state index in [-0.39, 0.29) is 0 Å². The van der Waals surface area contributed by atoms with Crippen LogP contribution in [-0.4, -0.2) is 6.34 Å². The van der Waals surface area contributed by atoms with Gasteiger partial charge in [0.2, 0.25) is 0 Å². The van der Waals surface area contributed by atoms with Crippen molar-refractivity contribution in [3.8, 4) is 0 Å². The highest BCUT2D eigenvalue weighted by molar-refractivity contribution is 5.59. The zero-order valence-electron chi connectivity index (χ0n) is 4.31. The van der Waals surface area contributed by atoms with E-state index in [4.69, 9.17) is 0 Å². The van der Waals surface area contributed by atoms with Crippen LogP contribution in [0.4, 0.5) is 0 Å². The van der Waals surface area contributed by atoms with E-state index in [9.17, 15) is 0 Å². The average molecular weight is 96.1 g/mol. The third-order valence-corrected chi connectivity index (χ3v) is 0.917. The van der Waals surface area contributed by atoms with Crippen molar-refractivity contribution in [2.45, 2.75) is 13.3 Å². The zero-order chi connectivity index (χ0) is 5.11. The van der Waals surface area contributed by atoms with Gasteiger partial charge in [0.05, 0.1) is 0 Å². The summed E-state index contributed by atoms with van der Waals surface area (Å²) >= 11 is 0. The molecule has 0 amide bonds. The summed E-state index contributed by atoms with van der Waals surface area (Å²) < 4.78 is 0.